The molecule has 1 heterocycles. The van der Waals surface area contributed by atoms with Crippen molar-refractivity contribution in [3.05, 3.63) is 65.0 Å². The van der Waals surface area contributed by atoms with Crippen molar-refractivity contribution in [1.82, 2.24) is 9.88 Å². The van der Waals surface area contributed by atoms with Crippen molar-refractivity contribution in [2.45, 2.75) is 20.0 Å². The molecule has 2 N–H and O–H groups in total. The summed E-state index contributed by atoms with van der Waals surface area (Å²) in [4.78, 5) is 30.7. The minimum absolute atomic E-state index is 0.107. The summed E-state index contributed by atoms with van der Waals surface area (Å²) in [7, 11) is 0. The fraction of sp³-hybridized carbons (Fsp3) is 0.261. The van der Waals surface area contributed by atoms with Crippen LogP contribution in [0.15, 0.2) is 53.9 Å². The van der Waals surface area contributed by atoms with Gasteiger partial charge in [-0.1, -0.05) is 48.9 Å². The molecule has 3 aromatic rings. The smallest absolute Gasteiger partial charge is 0.324 e. The zero-order chi connectivity index (χ0) is 24.0. The minimum atomic E-state index is -4.58. The molecule has 2 aromatic carbocycles. The molecule has 0 radical (unpaired) electrons. The van der Waals surface area contributed by atoms with E-state index in [1.165, 1.54) is 34.4 Å². The number of carbonyl (C=O) groups is 2. The molecule has 174 valence electrons. The number of nitrogens with one attached hydrogen (secondary N) is 2. The van der Waals surface area contributed by atoms with Crippen LogP contribution in [-0.2, 0) is 15.8 Å². The second-order valence-electron chi connectivity index (χ2n) is 7.35. The molecule has 2 amide bonds. The van der Waals surface area contributed by atoms with Gasteiger partial charge in [-0.2, -0.15) is 13.2 Å². The summed E-state index contributed by atoms with van der Waals surface area (Å²) in [6.45, 7) is 3.76. The van der Waals surface area contributed by atoms with Crippen LogP contribution in [0.1, 0.15) is 18.1 Å². The number of hydrogen-bond donors (Lipinski definition) is 2. The fourth-order valence-electron chi connectivity index (χ4n) is 3.06. The van der Waals surface area contributed by atoms with E-state index >= 15 is 0 Å². The van der Waals surface area contributed by atoms with Crippen molar-refractivity contribution >= 4 is 34.0 Å². The third kappa shape index (κ3) is 6.87. The molecule has 0 aliphatic rings. The molecule has 0 bridgehead atoms. The summed E-state index contributed by atoms with van der Waals surface area (Å²) in [5, 5.41) is 7.26. The molecular formula is C23H23F3N4O2S. The number of amides is 2. The van der Waals surface area contributed by atoms with E-state index in [4.69, 9.17) is 0 Å². The molecule has 0 spiro atoms. The average Bonchev–Trinajstić information content (AvgIpc) is 3.21. The van der Waals surface area contributed by atoms with E-state index in [0.29, 0.717) is 11.7 Å². The lowest BCUT2D eigenvalue weighted by atomic mass is 10.1. The quantitative estimate of drug-likeness (QED) is 0.478. The van der Waals surface area contributed by atoms with Gasteiger partial charge in [0.1, 0.15) is 0 Å². The van der Waals surface area contributed by atoms with Crippen molar-refractivity contribution in [2.75, 3.05) is 30.3 Å². The topological polar surface area (TPSA) is 74.3 Å². The first kappa shape index (κ1) is 24.4. The van der Waals surface area contributed by atoms with Crippen LogP contribution >= 0.6 is 11.3 Å². The predicted molar refractivity (Wildman–Crippen MR) is 123 cm³/mol. The molecule has 6 nitrogen and oxygen atoms in total. The number of halogens is 3. The van der Waals surface area contributed by atoms with E-state index in [1.807, 2.05) is 36.6 Å². The van der Waals surface area contributed by atoms with Crippen molar-refractivity contribution in [3.8, 4) is 11.3 Å². The number of anilines is 2. The summed E-state index contributed by atoms with van der Waals surface area (Å²) in [6.07, 6.45) is -4.58. The van der Waals surface area contributed by atoms with Gasteiger partial charge in [-0.05, 0) is 25.6 Å². The Morgan fingerprint density at radius 2 is 1.64 bits per heavy atom. The Labute approximate surface area is 193 Å². The molecule has 0 aliphatic heterocycles. The molecule has 33 heavy (non-hydrogen) atoms. The maximum absolute atomic E-state index is 13.1. The lowest BCUT2D eigenvalue weighted by Gasteiger charge is -2.20. The van der Waals surface area contributed by atoms with E-state index in [9.17, 15) is 22.8 Å². The Bertz CT molecular complexity index is 1110. The number of benzene rings is 2. The molecule has 0 fully saturated rings. The van der Waals surface area contributed by atoms with Crippen LogP contribution in [0.4, 0.5) is 24.0 Å². The standard InChI is InChI=1S/C23H23F3N4O2S/c1-3-30(12-20(31)27-18-7-5-4-6-17(18)23(24,25)26)13-21(32)29-22-28-19(14-33-22)16-10-8-15(2)9-11-16/h4-11,14H,3,12-13H2,1-2H3,(H,27,31)(H,28,29,32). The highest BCUT2D eigenvalue weighted by Gasteiger charge is 2.33. The summed E-state index contributed by atoms with van der Waals surface area (Å²) in [6, 6.07) is 12.6. The number of para-hydroxylation sites is 1. The maximum Gasteiger partial charge on any atom is 0.418 e. The van der Waals surface area contributed by atoms with Crippen LogP contribution in [0.2, 0.25) is 0 Å². The summed E-state index contributed by atoms with van der Waals surface area (Å²) >= 11 is 1.28. The number of rotatable bonds is 8. The number of carbonyl (C=O) groups excluding carboxylic acids is 2. The molecule has 0 saturated carbocycles. The number of likely N-dealkylation sites (N-methyl/N-ethyl adjacent to an activating group) is 1. The summed E-state index contributed by atoms with van der Waals surface area (Å²) in [5.41, 5.74) is 1.57. The van der Waals surface area contributed by atoms with Gasteiger partial charge in [0.15, 0.2) is 5.13 Å². The van der Waals surface area contributed by atoms with Crippen molar-refractivity contribution < 1.29 is 22.8 Å². The van der Waals surface area contributed by atoms with Crippen LogP contribution in [0.5, 0.6) is 0 Å². The summed E-state index contributed by atoms with van der Waals surface area (Å²) < 4.78 is 39.3. The number of thiazole rings is 1. The van der Waals surface area contributed by atoms with Gasteiger partial charge in [-0.15, -0.1) is 11.3 Å². The van der Waals surface area contributed by atoms with Crippen molar-refractivity contribution in [3.63, 3.8) is 0 Å². The van der Waals surface area contributed by atoms with Gasteiger partial charge in [0.25, 0.3) is 0 Å². The Balaban J connectivity index is 1.56. The van der Waals surface area contributed by atoms with E-state index < -0.39 is 17.6 Å². The second-order valence-corrected chi connectivity index (χ2v) is 8.20. The van der Waals surface area contributed by atoms with Gasteiger partial charge in [0.05, 0.1) is 30.0 Å². The number of nitrogens with zero attached hydrogens (tertiary/aromatic N) is 2. The van der Waals surface area contributed by atoms with E-state index in [1.54, 1.807) is 6.92 Å². The highest BCUT2D eigenvalue weighted by atomic mass is 32.1. The number of aryl methyl sites for hydroxylation is 1. The first-order valence-electron chi connectivity index (χ1n) is 10.2. The molecule has 0 saturated heterocycles. The van der Waals surface area contributed by atoms with Gasteiger partial charge in [-0.3, -0.25) is 14.5 Å². The average molecular weight is 477 g/mol. The molecule has 0 aliphatic carbocycles. The zero-order valence-corrected chi connectivity index (χ0v) is 18.9. The fourth-order valence-corrected chi connectivity index (χ4v) is 3.80. The van der Waals surface area contributed by atoms with Crippen LogP contribution in [0.25, 0.3) is 11.3 Å². The van der Waals surface area contributed by atoms with Gasteiger partial charge in [-0.25, -0.2) is 4.98 Å². The predicted octanol–water partition coefficient (Wildman–Crippen LogP) is 5.04. The number of aromatic nitrogens is 1. The van der Waals surface area contributed by atoms with Crippen LogP contribution in [0.3, 0.4) is 0 Å². The lowest BCUT2D eigenvalue weighted by molar-refractivity contribution is -0.137. The summed E-state index contributed by atoms with van der Waals surface area (Å²) in [5.74, 6) is -1.01. The first-order valence-corrected chi connectivity index (χ1v) is 11.0. The highest BCUT2D eigenvalue weighted by molar-refractivity contribution is 7.14. The van der Waals surface area contributed by atoms with E-state index in [0.717, 1.165) is 22.9 Å². The monoisotopic (exact) mass is 476 g/mol. The SMILES string of the molecule is CCN(CC(=O)Nc1nc(-c2ccc(C)cc2)cs1)CC(=O)Nc1ccccc1C(F)(F)F. The third-order valence-electron chi connectivity index (χ3n) is 4.79. The number of hydrogen-bond acceptors (Lipinski definition) is 5. The Morgan fingerprint density at radius 3 is 2.27 bits per heavy atom. The minimum Gasteiger partial charge on any atom is -0.324 e. The highest BCUT2D eigenvalue weighted by Crippen LogP contribution is 2.34. The molecule has 1 aromatic heterocycles. The van der Waals surface area contributed by atoms with Gasteiger partial charge in [0.2, 0.25) is 11.8 Å². The van der Waals surface area contributed by atoms with E-state index in [-0.39, 0.29) is 24.7 Å². The van der Waals surface area contributed by atoms with Gasteiger partial charge < -0.3 is 10.6 Å². The van der Waals surface area contributed by atoms with Gasteiger partial charge >= 0.3 is 6.18 Å². The molecule has 10 heteroatoms. The second kappa shape index (κ2) is 10.6. The first-order chi connectivity index (χ1) is 15.7. The van der Waals surface area contributed by atoms with Crippen molar-refractivity contribution in [1.29, 1.82) is 0 Å². The van der Waals surface area contributed by atoms with Crippen LogP contribution in [0, 0.1) is 6.92 Å². The zero-order valence-electron chi connectivity index (χ0n) is 18.1. The molecule has 0 atom stereocenters. The van der Waals surface area contributed by atoms with E-state index in [2.05, 4.69) is 15.6 Å². The van der Waals surface area contributed by atoms with Gasteiger partial charge in [0, 0.05) is 10.9 Å². The normalized spacial score (nSPS) is 11.5. The maximum atomic E-state index is 13.1. The lowest BCUT2D eigenvalue weighted by Crippen LogP contribution is -2.38. The Hall–Kier alpha value is -3.24. The Kier molecular flexibility index (Phi) is 7.83. The van der Waals surface area contributed by atoms with Crippen LogP contribution in [-0.4, -0.2) is 41.3 Å². The molecule has 0 unspecified atom stereocenters. The largest absolute Gasteiger partial charge is 0.418 e. The molecular weight excluding hydrogens is 453 g/mol. The van der Waals surface area contributed by atoms with Crippen LogP contribution < -0.4 is 10.6 Å². The third-order valence-corrected chi connectivity index (χ3v) is 5.54. The number of alkyl halides is 3. The Morgan fingerprint density at radius 1 is 1.00 bits per heavy atom. The molecule has 3 rings (SSSR count). The van der Waals surface area contributed by atoms with Crippen molar-refractivity contribution in [2.24, 2.45) is 0 Å².